The van der Waals surface area contributed by atoms with Crippen LogP contribution in [-0.4, -0.2) is 39.8 Å². The topological polar surface area (TPSA) is 89.3 Å². The Hall–Kier alpha value is -4.08. The summed E-state index contributed by atoms with van der Waals surface area (Å²) in [5.41, 5.74) is 2.31. The molecule has 34 heavy (non-hydrogen) atoms. The fraction of sp³-hybridized carbons (Fsp3) is 0.250. The number of aromatic nitrogens is 3. The molecule has 4 rings (SSSR count). The van der Waals surface area contributed by atoms with Crippen LogP contribution in [0.15, 0.2) is 60.1 Å². The van der Waals surface area contributed by atoms with E-state index in [9.17, 15) is 18.4 Å². The predicted molar refractivity (Wildman–Crippen MR) is 121 cm³/mol. The van der Waals surface area contributed by atoms with E-state index in [1.54, 1.807) is 18.5 Å². The highest BCUT2D eigenvalue weighted by Crippen LogP contribution is 2.38. The van der Waals surface area contributed by atoms with Gasteiger partial charge in [0.05, 0.1) is 17.9 Å². The van der Waals surface area contributed by atoms with Crippen molar-refractivity contribution in [2.24, 2.45) is 0 Å². The lowest BCUT2D eigenvalue weighted by Crippen LogP contribution is -2.41. The zero-order valence-corrected chi connectivity index (χ0v) is 18.9. The van der Waals surface area contributed by atoms with Crippen LogP contribution in [0, 0.1) is 18.6 Å². The molecular weight excluding hydrogens is 444 g/mol. The minimum atomic E-state index is -0.768. The molecule has 0 bridgehead atoms. The van der Waals surface area contributed by atoms with Crippen LogP contribution in [-0.2, 0) is 14.3 Å². The van der Waals surface area contributed by atoms with Crippen molar-refractivity contribution in [2.75, 3.05) is 23.4 Å². The van der Waals surface area contributed by atoms with E-state index in [1.165, 1.54) is 11.2 Å². The molecule has 8 nitrogen and oxygen atoms in total. The number of benzene rings is 2. The SMILES string of the molecule is CCOC(=O)C1=C(C)N(CC(=O)Nc2cc(F)ccc2F)c2ncnn2C1c1ccc(C)cc1. The number of rotatable bonds is 6. The van der Waals surface area contributed by atoms with Gasteiger partial charge >= 0.3 is 5.97 Å². The highest BCUT2D eigenvalue weighted by Gasteiger charge is 2.38. The second kappa shape index (κ2) is 9.42. The van der Waals surface area contributed by atoms with Crippen molar-refractivity contribution >= 4 is 23.5 Å². The highest BCUT2D eigenvalue weighted by atomic mass is 19.1. The van der Waals surface area contributed by atoms with Crippen molar-refractivity contribution in [1.82, 2.24) is 14.8 Å². The summed E-state index contributed by atoms with van der Waals surface area (Å²) in [6.45, 7) is 5.20. The number of fused-ring (bicyclic) bond motifs is 1. The molecule has 0 saturated heterocycles. The van der Waals surface area contributed by atoms with Crippen LogP contribution < -0.4 is 10.2 Å². The molecule has 1 aliphatic heterocycles. The van der Waals surface area contributed by atoms with E-state index in [0.29, 0.717) is 17.2 Å². The lowest BCUT2D eigenvalue weighted by atomic mass is 9.94. The van der Waals surface area contributed by atoms with Crippen LogP contribution in [0.1, 0.15) is 31.0 Å². The molecule has 176 valence electrons. The van der Waals surface area contributed by atoms with Gasteiger partial charge in [-0.25, -0.2) is 18.3 Å². The summed E-state index contributed by atoms with van der Waals surface area (Å²) in [6, 6.07) is 9.82. The van der Waals surface area contributed by atoms with Crippen LogP contribution >= 0.6 is 0 Å². The highest BCUT2D eigenvalue weighted by molar-refractivity contribution is 5.96. The third-order valence-corrected chi connectivity index (χ3v) is 5.50. The lowest BCUT2D eigenvalue weighted by molar-refractivity contribution is -0.139. The van der Waals surface area contributed by atoms with Gasteiger partial charge in [0.2, 0.25) is 11.9 Å². The van der Waals surface area contributed by atoms with Gasteiger partial charge in [0, 0.05) is 11.8 Å². The van der Waals surface area contributed by atoms with Gasteiger partial charge in [-0.05, 0) is 38.5 Å². The smallest absolute Gasteiger partial charge is 0.338 e. The molecule has 0 aliphatic carbocycles. The number of nitrogens with one attached hydrogen (secondary N) is 1. The molecule has 0 spiro atoms. The molecule has 0 saturated carbocycles. The van der Waals surface area contributed by atoms with Crippen molar-refractivity contribution in [1.29, 1.82) is 0 Å². The minimum Gasteiger partial charge on any atom is -0.463 e. The number of ether oxygens (including phenoxy) is 1. The number of halogens is 2. The van der Waals surface area contributed by atoms with Gasteiger partial charge in [-0.1, -0.05) is 29.8 Å². The molecule has 0 radical (unpaired) electrons. The molecule has 1 N–H and O–H groups in total. The van der Waals surface area contributed by atoms with Crippen molar-refractivity contribution in [3.05, 3.63) is 82.8 Å². The normalized spacial score (nSPS) is 15.2. The van der Waals surface area contributed by atoms with Gasteiger partial charge in [-0.2, -0.15) is 10.1 Å². The number of hydrogen-bond acceptors (Lipinski definition) is 6. The number of aryl methyl sites for hydroxylation is 1. The summed E-state index contributed by atoms with van der Waals surface area (Å²) < 4.78 is 34.4. The maximum Gasteiger partial charge on any atom is 0.338 e. The van der Waals surface area contributed by atoms with Crippen LogP contribution in [0.3, 0.4) is 0 Å². The number of carbonyl (C=O) groups excluding carboxylic acids is 2. The Kier molecular flexibility index (Phi) is 6.40. The summed E-state index contributed by atoms with van der Waals surface area (Å²) in [5, 5.41) is 6.68. The Balaban J connectivity index is 1.73. The van der Waals surface area contributed by atoms with Crippen molar-refractivity contribution < 1.29 is 23.1 Å². The van der Waals surface area contributed by atoms with Gasteiger partial charge in [0.15, 0.2) is 0 Å². The summed E-state index contributed by atoms with van der Waals surface area (Å²) >= 11 is 0. The lowest BCUT2D eigenvalue weighted by Gasteiger charge is -2.35. The van der Waals surface area contributed by atoms with E-state index in [0.717, 1.165) is 29.3 Å². The summed E-state index contributed by atoms with van der Waals surface area (Å²) in [6.07, 6.45) is 1.33. The number of anilines is 2. The quantitative estimate of drug-likeness (QED) is 0.556. The minimum absolute atomic E-state index is 0.166. The van der Waals surface area contributed by atoms with Crippen LogP contribution in [0.2, 0.25) is 0 Å². The maximum absolute atomic E-state index is 14.0. The van der Waals surface area contributed by atoms with Gasteiger partial charge in [0.1, 0.15) is 30.5 Å². The van der Waals surface area contributed by atoms with Gasteiger partial charge in [-0.3, -0.25) is 4.79 Å². The van der Waals surface area contributed by atoms with Crippen molar-refractivity contribution in [3.63, 3.8) is 0 Å². The number of amides is 1. The summed E-state index contributed by atoms with van der Waals surface area (Å²) in [4.78, 5) is 31.6. The van der Waals surface area contributed by atoms with E-state index in [4.69, 9.17) is 4.74 Å². The average Bonchev–Trinajstić information content (AvgIpc) is 3.28. The van der Waals surface area contributed by atoms with E-state index >= 15 is 0 Å². The molecule has 1 aliphatic rings. The number of carbonyl (C=O) groups is 2. The van der Waals surface area contributed by atoms with Gasteiger partial charge in [-0.15, -0.1) is 0 Å². The van der Waals surface area contributed by atoms with Crippen molar-refractivity contribution in [3.8, 4) is 0 Å². The molecule has 1 atom stereocenters. The molecule has 1 aromatic heterocycles. The second-order valence-electron chi connectivity index (χ2n) is 7.80. The first kappa shape index (κ1) is 23.1. The fourth-order valence-corrected chi connectivity index (χ4v) is 3.88. The largest absolute Gasteiger partial charge is 0.463 e. The van der Waals surface area contributed by atoms with E-state index in [1.807, 2.05) is 31.2 Å². The number of allylic oxidation sites excluding steroid dienone is 1. The van der Waals surface area contributed by atoms with E-state index in [2.05, 4.69) is 15.4 Å². The Morgan fingerprint density at radius 3 is 2.56 bits per heavy atom. The van der Waals surface area contributed by atoms with Crippen LogP contribution in [0.5, 0.6) is 0 Å². The first-order valence-corrected chi connectivity index (χ1v) is 10.7. The Morgan fingerprint density at radius 1 is 1.12 bits per heavy atom. The average molecular weight is 467 g/mol. The third-order valence-electron chi connectivity index (χ3n) is 5.50. The number of esters is 1. The second-order valence-corrected chi connectivity index (χ2v) is 7.80. The monoisotopic (exact) mass is 467 g/mol. The standard InChI is InChI=1S/C24H23F2N5O3/c1-4-34-23(33)21-15(3)30(12-20(32)29-19-11-17(25)9-10-18(19)26)24-27-13-28-31(24)22(21)16-7-5-14(2)6-8-16/h5-11,13,22H,4,12H2,1-3H3,(H,29,32). The first-order valence-electron chi connectivity index (χ1n) is 10.7. The number of hydrogen-bond donors (Lipinski definition) is 1. The Labute approximate surface area is 194 Å². The first-order chi connectivity index (χ1) is 16.3. The molecule has 2 aromatic carbocycles. The maximum atomic E-state index is 14.0. The fourth-order valence-electron chi connectivity index (χ4n) is 3.88. The zero-order valence-electron chi connectivity index (χ0n) is 18.9. The molecule has 2 heterocycles. The van der Waals surface area contributed by atoms with Crippen LogP contribution in [0.4, 0.5) is 20.4 Å². The zero-order chi connectivity index (χ0) is 24.4. The number of nitrogens with zero attached hydrogens (tertiary/aromatic N) is 4. The molecule has 0 fully saturated rings. The third kappa shape index (κ3) is 4.39. The molecule has 10 heteroatoms. The Bertz CT molecular complexity index is 1270. The van der Waals surface area contributed by atoms with Gasteiger partial charge < -0.3 is 15.0 Å². The van der Waals surface area contributed by atoms with E-state index < -0.39 is 29.6 Å². The van der Waals surface area contributed by atoms with E-state index in [-0.39, 0.29) is 18.8 Å². The van der Waals surface area contributed by atoms with Crippen molar-refractivity contribution in [2.45, 2.75) is 26.8 Å². The predicted octanol–water partition coefficient (Wildman–Crippen LogP) is 3.75. The summed E-state index contributed by atoms with van der Waals surface area (Å²) in [7, 11) is 0. The Morgan fingerprint density at radius 2 is 1.85 bits per heavy atom. The summed E-state index contributed by atoms with van der Waals surface area (Å²) in [5.74, 6) is -2.30. The molecule has 1 amide bonds. The molecule has 1 unspecified atom stereocenters. The van der Waals surface area contributed by atoms with Crippen LogP contribution in [0.25, 0.3) is 0 Å². The molecule has 3 aromatic rings. The van der Waals surface area contributed by atoms with Gasteiger partial charge in [0.25, 0.3) is 0 Å². The molecular formula is C24H23F2N5O3.